The highest BCUT2D eigenvalue weighted by Gasteiger charge is 2.40. The average Bonchev–Trinajstić information content (AvgIpc) is 3.15. The van der Waals surface area contributed by atoms with Gasteiger partial charge < -0.3 is 9.30 Å². The molecule has 1 saturated heterocycles. The normalized spacial score (nSPS) is 20.0. The number of piperidine rings is 1. The van der Waals surface area contributed by atoms with Crippen molar-refractivity contribution < 1.29 is 9.72 Å². The summed E-state index contributed by atoms with van der Waals surface area (Å²) in [7, 11) is 0. The summed E-state index contributed by atoms with van der Waals surface area (Å²) in [6.45, 7) is 0.522. The van der Waals surface area contributed by atoms with Gasteiger partial charge in [-0.05, 0) is 36.2 Å². The van der Waals surface area contributed by atoms with Crippen LogP contribution in [0.1, 0.15) is 28.3 Å². The van der Waals surface area contributed by atoms with Gasteiger partial charge in [-0.3, -0.25) is 14.9 Å². The molecule has 1 aliphatic heterocycles. The SMILES string of the molecule is O=C(c1cccn2cncc12)N1CC[C@@H](c2cccc(Cl)c2)[C@H]([N+](=O)[O-])C1. The second-order valence-electron chi connectivity index (χ2n) is 6.66. The molecule has 2 aromatic heterocycles. The van der Waals surface area contributed by atoms with Crippen LogP contribution in [0.5, 0.6) is 0 Å². The van der Waals surface area contributed by atoms with E-state index >= 15 is 0 Å². The van der Waals surface area contributed by atoms with E-state index in [1.807, 2.05) is 12.3 Å². The van der Waals surface area contributed by atoms with E-state index < -0.39 is 6.04 Å². The van der Waals surface area contributed by atoms with Gasteiger partial charge in [-0.2, -0.15) is 0 Å². The molecule has 1 aliphatic rings. The molecule has 8 heteroatoms. The molecule has 0 saturated carbocycles. The van der Waals surface area contributed by atoms with Gasteiger partial charge in [0, 0.05) is 22.7 Å². The number of rotatable bonds is 3. The highest BCUT2D eigenvalue weighted by atomic mass is 35.5. The monoisotopic (exact) mass is 384 g/mol. The van der Waals surface area contributed by atoms with E-state index in [0.717, 1.165) is 5.56 Å². The summed E-state index contributed by atoms with van der Waals surface area (Å²) in [4.78, 5) is 30.1. The van der Waals surface area contributed by atoms with Crippen LogP contribution in [0.2, 0.25) is 5.02 Å². The molecule has 0 bridgehead atoms. The van der Waals surface area contributed by atoms with Crippen molar-refractivity contribution in [1.29, 1.82) is 0 Å². The molecule has 1 aromatic carbocycles. The molecule has 2 atom stereocenters. The van der Waals surface area contributed by atoms with Gasteiger partial charge in [0.25, 0.3) is 5.91 Å². The Morgan fingerprint density at radius 3 is 2.93 bits per heavy atom. The Kier molecular flexibility index (Phi) is 4.53. The summed E-state index contributed by atoms with van der Waals surface area (Å²) >= 11 is 6.05. The van der Waals surface area contributed by atoms with Gasteiger partial charge in [-0.25, -0.2) is 4.98 Å². The quantitative estimate of drug-likeness (QED) is 0.512. The van der Waals surface area contributed by atoms with E-state index in [-0.39, 0.29) is 23.3 Å². The lowest BCUT2D eigenvalue weighted by Crippen LogP contribution is -2.49. The molecule has 138 valence electrons. The van der Waals surface area contributed by atoms with Gasteiger partial charge in [-0.1, -0.05) is 23.7 Å². The fourth-order valence-electron chi connectivity index (χ4n) is 3.76. The number of hydrogen-bond acceptors (Lipinski definition) is 4. The highest BCUT2D eigenvalue weighted by Crippen LogP contribution is 2.32. The standard InChI is InChI=1S/C19H17ClN4O3/c20-14-4-1-3-13(9-14)15-6-8-22(11-18(15)24(26)27)19(25)16-5-2-7-23-12-21-10-17(16)23/h1-5,7,9-10,12,15,18H,6,8,11H2/t15-,18+/m0/s1. The summed E-state index contributed by atoms with van der Waals surface area (Å²) in [5.74, 6) is -0.481. The van der Waals surface area contributed by atoms with Crippen LogP contribution in [0.4, 0.5) is 0 Å². The maximum absolute atomic E-state index is 13.0. The van der Waals surface area contributed by atoms with Gasteiger partial charge in [-0.15, -0.1) is 0 Å². The summed E-state index contributed by atoms with van der Waals surface area (Å²) in [5.41, 5.74) is 2.03. The number of carbonyl (C=O) groups excluding carboxylic acids is 1. The molecular formula is C19H17ClN4O3. The van der Waals surface area contributed by atoms with E-state index in [9.17, 15) is 14.9 Å². The van der Waals surface area contributed by atoms with Crippen molar-refractivity contribution in [3.05, 3.63) is 81.4 Å². The number of halogens is 1. The number of carbonyl (C=O) groups is 1. The Labute approximate surface area is 160 Å². The van der Waals surface area contributed by atoms with Crippen LogP contribution in [-0.2, 0) is 0 Å². The topological polar surface area (TPSA) is 80.8 Å². The van der Waals surface area contributed by atoms with Crippen LogP contribution in [0.3, 0.4) is 0 Å². The summed E-state index contributed by atoms with van der Waals surface area (Å²) in [6.07, 6.45) is 5.57. The number of likely N-dealkylation sites (tertiary alicyclic amines) is 1. The third-order valence-electron chi connectivity index (χ3n) is 5.10. The number of amides is 1. The lowest BCUT2D eigenvalue weighted by Gasteiger charge is -2.34. The van der Waals surface area contributed by atoms with Crippen LogP contribution in [0.25, 0.3) is 5.52 Å². The third kappa shape index (κ3) is 3.26. The van der Waals surface area contributed by atoms with Crippen molar-refractivity contribution in [2.24, 2.45) is 0 Å². The van der Waals surface area contributed by atoms with Crippen molar-refractivity contribution in [1.82, 2.24) is 14.3 Å². The molecule has 0 radical (unpaired) electrons. The van der Waals surface area contributed by atoms with Crippen molar-refractivity contribution in [3.63, 3.8) is 0 Å². The van der Waals surface area contributed by atoms with Crippen LogP contribution < -0.4 is 0 Å². The van der Waals surface area contributed by atoms with E-state index in [1.165, 1.54) is 0 Å². The molecule has 0 spiro atoms. The zero-order valence-electron chi connectivity index (χ0n) is 14.4. The summed E-state index contributed by atoms with van der Waals surface area (Å²) < 4.78 is 1.76. The number of hydrogen-bond donors (Lipinski definition) is 0. The number of nitro groups is 1. The molecule has 0 N–H and O–H groups in total. The van der Waals surface area contributed by atoms with Gasteiger partial charge >= 0.3 is 0 Å². The predicted molar refractivity (Wildman–Crippen MR) is 101 cm³/mol. The molecule has 0 unspecified atom stereocenters. The minimum atomic E-state index is -0.870. The average molecular weight is 385 g/mol. The first-order valence-corrected chi connectivity index (χ1v) is 9.01. The maximum Gasteiger partial charge on any atom is 0.256 e. The highest BCUT2D eigenvalue weighted by molar-refractivity contribution is 6.30. The maximum atomic E-state index is 13.0. The van der Waals surface area contributed by atoms with Gasteiger partial charge in [0.05, 0.1) is 36.1 Å². The van der Waals surface area contributed by atoms with E-state index in [2.05, 4.69) is 4.98 Å². The Hall–Kier alpha value is -2.93. The van der Waals surface area contributed by atoms with Gasteiger partial charge in [0.1, 0.15) is 0 Å². The van der Waals surface area contributed by atoms with Crippen molar-refractivity contribution in [2.45, 2.75) is 18.4 Å². The number of imidazole rings is 1. The van der Waals surface area contributed by atoms with Crippen LogP contribution >= 0.6 is 11.6 Å². The Bertz CT molecular complexity index is 1020. The van der Waals surface area contributed by atoms with Crippen LogP contribution in [-0.4, -0.2) is 44.2 Å². The lowest BCUT2D eigenvalue weighted by molar-refractivity contribution is -0.529. The molecule has 4 rings (SSSR count). The zero-order chi connectivity index (χ0) is 19.0. The van der Waals surface area contributed by atoms with Crippen LogP contribution in [0, 0.1) is 10.1 Å². The minimum Gasteiger partial charge on any atom is -0.332 e. The summed E-state index contributed by atoms with van der Waals surface area (Å²) in [5, 5.41) is 12.3. The molecule has 0 aliphatic carbocycles. The predicted octanol–water partition coefficient (Wildman–Crippen LogP) is 3.26. The van der Waals surface area contributed by atoms with Crippen molar-refractivity contribution in [2.75, 3.05) is 13.1 Å². The number of nitrogens with zero attached hydrogens (tertiary/aromatic N) is 4. The first kappa shape index (κ1) is 17.5. The molecule has 1 fully saturated rings. The zero-order valence-corrected chi connectivity index (χ0v) is 15.1. The Morgan fingerprint density at radius 1 is 1.30 bits per heavy atom. The molecule has 3 heterocycles. The second kappa shape index (κ2) is 7.00. The largest absolute Gasteiger partial charge is 0.332 e. The fourth-order valence-corrected chi connectivity index (χ4v) is 3.96. The molecule has 3 aromatic rings. The first-order valence-electron chi connectivity index (χ1n) is 8.63. The number of aromatic nitrogens is 2. The minimum absolute atomic E-state index is 0.0677. The van der Waals surface area contributed by atoms with E-state index in [1.54, 1.807) is 52.2 Å². The Balaban J connectivity index is 1.61. The number of pyridine rings is 1. The fraction of sp³-hybridized carbons (Fsp3) is 0.263. The first-order chi connectivity index (χ1) is 13.0. The summed E-state index contributed by atoms with van der Waals surface area (Å²) in [6, 6.07) is 9.80. The van der Waals surface area contributed by atoms with Crippen LogP contribution in [0.15, 0.2) is 55.1 Å². The third-order valence-corrected chi connectivity index (χ3v) is 5.33. The van der Waals surface area contributed by atoms with E-state index in [4.69, 9.17) is 11.6 Å². The smallest absolute Gasteiger partial charge is 0.256 e. The van der Waals surface area contributed by atoms with Gasteiger partial charge in [0.2, 0.25) is 6.04 Å². The molecule has 27 heavy (non-hydrogen) atoms. The Morgan fingerprint density at radius 2 is 2.15 bits per heavy atom. The number of fused-ring (bicyclic) bond motifs is 1. The molecule has 7 nitrogen and oxygen atoms in total. The number of benzene rings is 1. The second-order valence-corrected chi connectivity index (χ2v) is 7.10. The van der Waals surface area contributed by atoms with Gasteiger partial charge in [0.15, 0.2) is 0 Å². The van der Waals surface area contributed by atoms with Crippen molar-refractivity contribution >= 4 is 23.0 Å². The lowest BCUT2D eigenvalue weighted by atomic mass is 9.85. The van der Waals surface area contributed by atoms with E-state index in [0.29, 0.717) is 29.1 Å². The molecule has 1 amide bonds. The molecular weight excluding hydrogens is 368 g/mol. The van der Waals surface area contributed by atoms with Crippen molar-refractivity contribution in [3.8, 4) is 0 Å².